The van der Waals surface area contributed by atoms with E-state index in [2.05, 4.69) is 20.3 Å². The number of halogens is 2. The van der Waals surface area contributed by atoms with E-state index in [1.807, 2.05) is 17.5 Å². The molecule has 1 aliphatic carbocycles. The lowest BCUT2D eigenvalue weighted by Gasteiger charge is -2.09. The van der Waals surface area contributed by atoms with E-state index in [1.165, 1.54) is 12.1 Å². The first-order chi connectivity index (χ1) is 13.6. The monoisotopic (exact) mass is 394 g/mol. The maximum Gasteiger partial charge on any atom is 0.223 e. The number of nitrogens with zero attached hydrogens (tertiary/aromatic N) is 5. The fraction of sp³-hybridized carbons (Fsp3) is 0.200. The Labute approximate surface area is 165 Å². The number of aromatic nitrogens is 5. The van der Waals surface area contributed by atoms with Crippen LogP contribution in [0.3, 0.4) is 0 Å². The smallest absolute Gasteiger partial charge is 0.223 e. The molecule has 6 nitrogen and oxygen atoms in total. The number of anilines is 1. The normalized spacial score (nSPS) is 13.8. The summed E-state index contributed by atoms with van der Waals surface area (Å²) in [4.78, 5) is 18.1. The molecular formula is C20H16ClFN6. The standard InChI is InChI=1S/C20H16ClFN6/c1-11-19-26-16(12-2-4-13(22)5-3-12)18(28(19)9-8-23-11)17-15(21)10-24-20(27-17)25-14-6-7-14/h2-5,8-10,14H,6-7H2,1H3,(H,24,25,27). The van der Waals surface area contributed by atoms with Crippen LogP contribution in [0.25, 0.3) is 28.3 Å². The average Bonchev–Trinajstić information content (AvgIpc) is 3.42. The number of hydrogen-bond donors (Lipinski definition) is 1. The maximum atomic E-state index is 13.5. The van der Waals surface area contributed by atoms with Crippen LogP contribution in [0.1, 0.15) is 18.5 Å². The van der Waals surface area contributed by atoms with Gasteiger partial charge in [0, 0.05) is 24.0 Å². The first kappa shape index (κ1) is 17.1. The van der Waals surface area contributed by atoms with Gasteiger partial charge in [-0.15, -0.1) is 0 Å². The van der Waals surface area contributed by atoms with Crippen LogP contribution >= 0.6 is 11.6 Å². The molecule has 1 saturated carbocycles. The van der Waals surface area contributed by atoms with Gasteiger partial charge in [-0.05, 0) is 44.0 Å². The van der Waals surface area contributed by atoms with Crippen molar-refractivity contribution >= 4 is 23.2 Å². The van der Waals surface area contributed by atoms with Crippen LogP contribution in [-0.2, 0) is 0 Å². The van der Waals surface area contributed by atoms with Gasteiger partial charge in [0.25, 0.3) is 0 Å². The third-order valence-corrected chi connectivity index (χ3v) is 4.99. The van der Waals surface area contributed by atoms with Crippen molar-refractivity contribution in [3.05, 3.63) is 59.4 Å². The zero-order valence-electron chi connectivity index (χ0n) is 15.0. The van der Waals surface area contributed by atoms with Crippen LogP contribution in [0, 0.1) is 12.7 Å². The molecule has 3 aromatic heterocycles. The van der Waals surface area contributed by atoms with E-state index >= 15 is 0 Å². The van der Waals surface area contributed by atoms with Crippen molar-refractivity contribution in [1.82, 2.24) is 24.3 Å². The Hall–Kier alpha value is -3.06. The van der Waals surface area contributed by atoms with Gasteiger partial charge in [-0.3, -0.25) is 9.38 Å². The molecule has 0 spiro atoms. The number of nitrogens with one attached hydrogen (secondary N) is 1. The summed E-state index contributed by atoms with van der Waals surface area (Å²) < 4.78 is 15.4. The molecule has 0 bridgehead atoms. The van der Waals surface area contributed by atoms with Gasteiger partial charge in [0.05, 0.1) is 22.6 Å². The molecule has 1 fully saturated rings. The molecule has 0 aliphatic heterocycles. The van der Waals surface area contributed by atoms with Crippen LogP contribution < -0.4 is 5.32 Å². The van der Waals surface area contributed by atoms with Gasteiger partial charge in [0.2, 0.25) is 5.95 Å². The molecule has 0 radical (unpaired) electrons. The molecule has 1 aliphatic rings. The number of aryl methyl sites for hydroxylation is 1. The fourth-order valence-corrected chi connectivity index (χ4v) is 3.33. The van der Waals surface area contributed by atoms with Crippen LogP contribution in [-0.4, -0.2) is 30.4 Å². The van der Waals surface area contributed by atoms with Crippen molar-refractivity contribution in [3.8, 4) is 22.6 Å². The van der Waals surface area contributed by atoms with E-state index in [9.17, 15) is 4.39 Å². The van der Waals surface area contributed by atoms with E-state index in [4.69, 9.17) is 16.6 Å². The molecule has 28 heavy (non-hydrogen) atoms. The minimum atomic E-state index is -0.303. The van der Waals surface area contributed by atoms with Crippen LogP contribution in [0.4, 0.5) is 10.3 Å². The Morgan fingerprint density at radius 3 is 2.64 bits per heavy atom. The van der Waals surface area contributed by atoms with Crippen molar-refractivity contribution in [2.45, 2.75) is 25.8 Å². The first-order valence-corrected chi connectivity index (χ1v) is 9.37. The van der Waals surface area contributed by atoms with E-state index in [0.717, 1.165) is 29.8 Å². The number of benzene rings is 1. The van der Waals surface area contributed by atoms with E-state index in [0.29, 0.717) is 34.0 Å². The van der Waals surface area contributed by atoms with Crippen LogP contribution in [0.5, 0.6) is 0 Å². The number of imidazole rings is 1. The second kappa shape index (κ2) is 6.53. The zero-order chi connectivity index (χ0) is 19.3. The van der Waals surface area contributed by atoms with Crippen molar-refractivity contribution in [2.75, 3.05) is 5.32 Å². The summed E-state index contributed by atoms with van der Waals surface area (Å²) in [6.45, 7) is 1.89. The highest BCUT2D eigenvalue weighted by Gasteiger charge is 2.24. The third kappa shape index (κ3) is 2.97. The van der Waals surface area contributed by atoms with Crippen molar-refractivity contribution in [2.24, 2.45) is 0 Å². The minimum absolute atomic E-state index is 0.303. The Balaban J connectivity index is 1.77. The predicted octanol–water partition coefficient (Wildman–Crippen LogP) is 4.53. The van der Waals surface area contributed by atoms with Gasteiger partial charge in [0.15, 0.2) is 5.65 Å². The van der Waals surface area contributed by atoms with E-state index < -0.39 is 0 Å². The summed E-state index contributed by atoms with van der Waals surface area (Å²) in [6.07, 6.45) is 7.35. The minimum Gasteiger partial charge on any atom is -0.351 e. The number of hydrogen-bond acceptors (Lipinski definition) is 5. The van der Waals surface area contributed by atoms with Crippen molar-refractivity contribution < 1.29 is 4.39 Å². The molecule has 1 N–H and O–H groups in total. The van der Waals surface area contributed by atoms with Gasteiger partial charge < -0.3 is 5.32 Å². The lowest BCUT2D eigenvalue weighted by atomic mass is 10.1. The van der Waals surface area contributed by atoms with Gasteiger partial charge in [-0.25, -0.2) is 19.3 Å². The van der Waals surface area contributed by atoms with Gasteiger partial charge in [-0.2, -0.15) is 0 Å². The Morgan fingerprint density at radius 1 is 1.11 bits per heavy atom. The number of fused-ring (bicyclic) bond motifs is 1. The van der Waals surface area contributed by atoms with Crippen molar-refractivity contribution in [1.29, 1.82) is 0 Å². The summed E-state index contributed by atoms with van der Waals surface area (Å²) in [5.74, 6) is 0.232. The molecule has 3 heterocycles. The summed E-state index contributed by atoms with van der Waals surface area (Å²) >= 11 is 6.50. The lowest BCUT2D eigenvalue weighted by Crippen LogP contribution is -2.06. The largest absolute Gasteiger partial charge is 0.351 e. The Bertz CT molecular complexity index is 1180. The second-order valence-electron chi connectivity index (χ2n) is 6.83. The predicted molar refractivity (Wildman–Crippen MR) is 106 cm³/mol. The quantitative estimate of drug-likeness (QED) is 0.550. The first-order valence-electron chi connectivity index (χ1n) is 8.99. The molecule has 5 rings (SSSR count). The molecule has 0 saturated heterocycles. The molecule has 140 valence electrons. The topological polar surface area (TPSA) is 68.0 Å². The van der Waals surface area contributed by atoms with E-state index in [-0.39, 0.29) is 5.82 Å². The molecule has 8 heteroatoms. The maximum absolute atomic E-state index is 13.5. The lowest BCUT2D eigenvalue weighted by molar-refractivity contribution is 0.628. The number of rotatable bonds is 4. The second-order valence-corrected chi connectivity index (χ2v) is 7.24. The molecule has 0 atom stereocenters. The van der Waals surface area contributed by atoms with Crippen LogP contribution in [0.15, 0.2) is 42.9 Å². The summed E-state index contributed by atoms with van der Waals surface area (Å²) in [5.41, 5.74) is 4.19. The average molecular weight is 395 g/mol. The molecular weight excluding hydrogens is 379 g/mol. The third-order valence-electron chi connectivity index (χ3n) is 4.72. The highest BCUT2D eigenvalue weighted by Crippen LogP contribution is 2.36. The SMILES string of the molecule is Cc1nccn2c(-c3nc(NC4CC4)ncc3Cl)c(-c3ccc(F)cc3)nc12. The highest BCUT2D eigenvalue weighted by atomic mass is 35.5. The van der Waals surface area contributed by atoms with Gasteiger partial charge >= 0.3 is 0 Å². The summed E-state index contributed by atoms with van der Waals surface area (Å²) in [7, 11) is 0. The van der Waals surface area contributed by atoms with Gasteiger partial charge in [0.1, 0.15) is 17.2 Å². The van der Waals surface area contributed by atoms with Crippen LogP contribution in [0.2, 0.25) is 5.02 Å². The Morgan fingerprint density at radius 2 is 1.89 bits per heavy atom. The highest BCUT2D eigenvalue weighted by molar-refractivity contribution is 6.33. The Kier molecular flexibility index (Phi) is 3.98. The molecule has 0 unspecified atom stereocenters. The molecule has 4 aromatic rings. The summed E-state index contributed by atoms with van der Waals surface area (Å²) in [5, 5.41) is 3.72. The van der Waals surface area contributed by atoms with Crippen molar-refractivity contribution in [3.63, 3.8) is 0 Å². The van der Waals surface area contributed by atoms with Gasteiger partial charge in [-0.1, -0.05) is 11.6 Å². The zero-order valence-corrected chi connectivity index (χ0v) is 15.8. The summed E-state index contributed by atoms with van der Waals surface area (Å²) in [6, 6.07) is 6.63. The van der Waals surface area contributed by atoms with E-state index in [1.54, 1.807) is 24.5 Å². The molecule has 1 aromatic carbocycles. The molecule has 0 amide bonds. The fourth-order valence-electron chi connectivity index (χ4n) is 3.15.